The highest BCUT2D eigenvalue weighted by atomic mass is 27.1. The second kappa shape index (κ2) is 63.3. The Morgan fingerprint density at radius 1 is 0.317 bits per heavy atom. The van der Waals surface area contributed by atoms with Gasteiger partial charge in [-0.25, -0.2) is 0 Å². The fraction of sp³-hybridized carbons (Fsp3) is 1.00. The van der Waals surface area contributed by atoms with E-state index in [1.54, 1.807) is 0 Å². The molecule has 7 N–H and O–H groups in total. The van der Waals surface area contributed by atoms with E-state index in [-0.39, 0.29) is 39.6 Å². The number of aliphatic hydroxyl groups is 6. The minimum atomic E-state index is 0.0417. The van der Waals surface area contributed by atoms with Gasteiger partial charge in [0.2, 0.25) is 0 Å². The van der Waals surface area contributed by atoms with E-state index >= 15 is 0 Å². The van der Waals surface area contributed by atoms with E-state index in [1.807, 2.05) is 0 Å². The molecule has 15 heteroatoms. The van der Waals surface area contributed by atoms with E-state index < -0.39 is 0 Å². The van der Waals surface area contributed by atoms with Crippen molar-refractivity contribution in [3.63, 3.8) is 0 Å². The van der Waals surface area contributed by atoms with Crippen molar-refractivity contribution in [2.45, 2.75) is 39.5 Å². The maximum atomic E-state index is 8.26. The molecule has 0 saturated carbocycles. The van der Waals surface area contributed by atoms with E-state index in [1.165, 1.54) is 42.3 Å². The smallest absolute Gasteiger partial charge is 0.363 e. The first-order valence-corrected chi connectivity index (χ1v) is 14.6. The van der Waals surface area contributed by atoms with E-state index in [9.17, 15) is 0 Å². The van der Waals surface area contributed by atoms with E-state index in [4.69, 9.17) is 68.0 Å². The van der Waals surface area contributed by atoms with Crippen molar-refractivity contribution in [2.24, 2.45) is 0 Å². The molecule has 0 unspecified atom stereocenters. The average Bonchev–Trinajstić information content (AvgIpc) is 3.00. The standard InChI is InChI=1S/C8H18O.3C6H14O4.Al.H2O/c1-3-5-7-9-8-6-4-2;3*7-1-3-9-5-6-10-4-2-8;;/h3-8H2,1-2H3;3*7-8H,1-6H2;;1H2/q;;;;+1;/p-1. The van der Waals surface area contributed by atoms with Gasteiger partial charge >= 0.3 is 16.6 Å². The molecule has 0 aliphatic carbocycles. The van der Waals surface area contributed by atoms with Gasteiger partial charge in [-0.15, -0.1) is 0 Å². The summed E-state index contributed by atoms with van der Waals surface area (Å²) in [5.74, 6) is 0. The molecule has 252 valence electrons. The van der Waals surface area contributed by atoms with Crippen molar-refractivity contribution in [2.75, 3.05) is 132 Å². The number of aliphatic hydroxyl groups excluding tert-OH is 6. The van der Waals surface area contributed by atoms with Crippen LogP contribution >= 0.6 is 0 Å². The van der Waals surface area contributed by atoms with Gasteiger partial charge in [0, 0.05) is 13.2 Å². The summed E-state index contributed by atoms with van der Waals surface area (Å²) in [6.45, 7) is 11.5. The largest absolute Gasteiger partial charge is 0.529 e. The van der Waals surface area contributed by atoms with Crippen molar-refractivity contribution in [3.8, 4) is 0 Å². The van der Waals surface area contributed by atoms with Crippen molar-refractivity contribution in [3.05, 3.63) is 0 Å². The summed E-state index contributed by atoms with van der Waals surface area (Å²) in [4.78, 5) is 0. The molecular formula is C26H61AlO14. The second-order valence-corrected chi connectivity index (χ2v) is 7.34. The highest BCUT2D eigenvalue weighted by Gasteiger charge is 1.88. The molecular weight excluding hydrogens is 563 g/mol. The Kier molecular flexibility index (Phi) is 78.1. The lowest BCUT2D eigenvalue weighted by atomic mass is 10.3. The molecule has 41 heavy (non-hydrogen) atoms. The normalized spacial score (nSPS) is 9.78. The molecule has 0 saturated heterocycles. The van der Waals surface area contributed by atoms with Crippen LogP contribution in [0, 0.1) is 0 Å². The van der Waals surface area contributed by atoms with Gasteiger partial charge in [0.1, 0.15) is 0 Å². The molecule has 0 aromatic rings. The molecule has 14 nitrogen and oxygen atoms in total. The second-order valence-electron chi connectivity index (χ2n) is 7.34. The molecule has 0 aromatic carbocycles. The highest BCUT2D eigenvalue weighted by Crippen LogP contribution is 1.91. The first-order chi connectivity index (χ1) is 20.2. The Morgan fingerprint density at radius 3 is 0.634 bits per heavy atom. The minimum absolute atomic E-state index is 0.0417. The summed E-state index contributed by atoms with van der Waals surface area (Å²) in [5.41, 5.74) is 0. The molecule has 0 aromatic heterocycles. The van der Waals surface area contributed by atoms with E-state index in [0.29, 0.717) is 79.3 Å². The molecule has 0 bridgehead atoms. The van der Waals surface area contributed by atoms with Crippen LogP contribution in [-0.4, -0.2) is 184 Å². The maximum Gasteiger partial charge on any atom is 0.363 e. The van der Waals surface area contributed by atoms with E-state index in [0.717, 1.165) is 13.2 Å². The summed E-state index contributed by atoms with van der Waals surface area (Å²) in [5, 5.41) is 49.6. The van der Waals surface area contributed by atoms with Gasteiger partial charge in [-0.05, 0) is 12.8 Å². The molecule has 2 radical (unpaired) electrons. The molecule has 0 spiro atoms. The van der Waals surface area contributed by atoms with Crippen molar-refractivity contribution < 1.29 is 68.0 Å². The lowest BCUT2D eigenvalue weighted by Crippen LogP contribution is -2.09. The van der Waals surface area contributed by atoms with Crippen LogP contribution in [0.25, 0.3) is 0 Å². The lowest BCUT2D eigenvalue weighted by molar-refractivity contribution is 0.0222. The molecule has 0 fully saturated rings. The maximum absolute atomic E-state index is 8.26. The van der Waals surface area contributed by atoms with Crippen molar-refractivity contribution in [1.29, 1.82) is 0 Å². The van der Waals surface area contributed by atoms with E-state index in [2.05, 4.69) is 13.8 Å². The summed E-state index contributed by atoms with van der Waals surface area (Å²) in [6, 6.07) is 0. The topological polar surface area (TPSA) is 206 Å². The number of rotatable bonds is 27. The fourth-order valence-electron chi connectivity index (χ4n) is 1.95. The third-order valence-corrected chi connectivity index (χ3v) is 3.81. The predicted molar refractivity (Wildman–Crippen MR) is 156 cm³/mol. The predicted octanol–water partition coefficient (Wildman–Crippen LogP) is -1.32. The molecule has 0 amide bonds. The van der Waals surface area contributed by atoms with Crippen LogP contribution in [0.2, 0.25) is 0 Å². The Balaban J connectivity index is -0.000000138. The first-order valence-electron chi connectivity index (χ1n) is 14.1. The first kappa shape index (κ1) is 50.6. The summed E-state index contributed by atoms with van der Waals surface area (Å²) < 4.78 is 41.5. The number of ether oxygens (including phenoxy) is 7. The third kappa shape index (κ3) is 79.2. The van der Waals surface area contributed by atoms with Crippen molar-refractivity contribution >= 4 is 16.6 Å². The fourth-order valence-corrected chi connectivity index (χ4v) is 1.95. The Hall–Kier alpha value is -0.0275. The van der Waals surface area contributed by atoms with Gasteiger partial charge in [-0.1, -0.05) is 26.7 Å². The summed E-state index contributed by atoms with van der Waals surface area (Å²) >= 11 is 1.42. The zero-order chi connectivity index (χ0) is 31.9. The molecule has 0 atom stereocenters. The molecule has 0 aliphatic heterocycles. The third-order valence-electron chi connectivity index (χ3n) is 3.81. The van der Waals surface area contributed by atoms with Crippen LogP contribution in [-0.2, 0) is 33.2 Å². The molecule has 0 rings (SSSR count). The van der Waals surface area contributed by atoms with Crippen LogP contribution in [0.3, 0.4) is 0 Å². The average molecular weight is 625 g/mol. The Labute approximate surface area is 256 Å². The Bertz CT molecular complexity index is 283. The van der Waals surface area contributed by atoms with Gasteiger partial charge in [0.25, 0.3) is 0 Å². The monoisotopic (exact) mass is 624 g/mol. The summed E-state index contributed by atoms with van der Waals surface area (Å²) in [6.07, 6.45) is 4.91. The van der Waals surface area contributed by atoms with Gasteiger partial charge in [0.05, 0.1) is 119 Å². The van der Waals surface area contributed by atoms with Crippen molar-refractivity contribution in [1.82, 2.24) is 0 Å². The van der Waals surface area contributed by atoms with Crippen LogP contribution in [0.4, 0.5) is 0 Å². The number of hydrogen-bond acceptors (Lipinski definition) is 14. The minimum Gasteiger partial charge on any atom is -0.529 e. The van der Waals surface area contributed by atoms with Gasteiger partial charge in [0.15, 0.2) is 0 Å². The van der Waals surface area contributed by atoms with Crippen LogP contribution in [0.5, 0.6) is 0 Å². The van der Waals surface area contributed by atoms with Gasteiger partial charge in [-0.3, -0.25) is 0 Å². The lowest BCUT2D eigenvalue weighted by Gasteiger charge is -2.01. The number of hydrogen-bond donors (Lipinski definition) is 7. The van der Waals surface area contributed by atoms with Gasteiger partial charge < -0.3 is 68.0 Å². The number of unbranched alkanes of at least 4 members (excludes halogenated alkanes) is 2. The molecule has 0 aliphatic rings. The zero-order valence-corrected chi connectivity index (χ0v) is 26.7. The zero-order valence-electron chi connectivity index (χ0n) is 25.5. The van der Waals surface area contributed by atoms with Gasteiger partial charge in [-0.2, -0.15) is 0 Å². The Morgan fingerprint density at radius 2 is 0.488 bits per heavy atom. The van der Waals surface area contributed by atoms with Crippen LogP contribution in [0.15, 0.2) is 0 Å². The highest BCUT2D eigenvalue weighted by molar-refractivity contribution is 5.95. The van der Waals surface area contributed by atoms with Crippen LogP contribution in [0.1, 0.15) is 39.5 Å². The SMILES string of the molecule is CCCCOCCCC.OCCOCCOCCO.OCCOCCOCCO.OCCOCCOCCO.[OH][Al]. The quantitative estimate of drug-likeness (QED) is 0.0418. The van der Waals surface area contributed by atoms with Crippen LogP contribution < -0.4 is 0 Å². The molecule has 0 heterocycles. The summed E-state index contributed by atoms with van der Waals surface area (Å²) in [7, 11) is 0.